The first-order valence-corrected chi connectivity index (χ1v) is 11.4. The second-order valence-electron chi connectivity index (χ2n) is 8.38. The molecule has 0 radical (unpaired) electrons. The van der Waals surface area contributed by atoms with Crippen LogP contribution in [0.15, 0.2) is 121 Å². The molecule has 0 aliphatic carbocycles. The molecule has 3 heterocycles. The van der Waals surface area contributed by atoms with Crippen LogP contribution in [-0.2, 0) is 0 Å². The summed E-state index contributed by atoms with van der Waals surface area (Å²) in [6.07, 6.45) is 1.83. The number of fused-ring (bicyclic) bond motifs is 5. The summed E-state index contributed by atoms with van der Waals surface area (Å²) >= 11 is 0. The van der Waals surface area contributed by atoms with E-state index < -0.39 is 0 Å². The Morgan fingerprint density at radius 1 is 0.559 bits per heavy atom. The van der Waals surface area contributed by atoms with Gasteiger partial charge in [-0.25, -0.2) is 4.98 Å². The van der Waals surface area contributed by atoms with Crippen molar-refractivity contribution in [3.05, 3.63) is 121 Å². The summed E-state index contributed by atoms with van der Waals surface area (Å²) in [6, 6.07) is 39.9. The molecular formula is C30H20N4. The quantitative estimate of drug-likeness (QED) is 0.295. The number of hydrogen-bond donors (Lipinski definition) is 0. The number of benzene rings is 4. The minimum Gasteiger partial charge on any atom is -0.278 e. The van der Waals surface area contributed by atoms with Gasteiger partial charge in [0, 0.05) is 23.0 Å². The molecule has 0 saturated carbocycles. The molecule has 0 unspecified atom stereocenters. The summed E-state index contributed by atoms with van der Waals surface area (Å²) in [5.41, 5.74) is 9.76. The van der Waals surface area contributed by atoms with Gasteiger partial charge in [0.1, 0.15) is 0 Å². The number of nitrogens with zero attached hydrogens (tertiary/aromatic N) is 4. The lowest BCUT2D eigenvalue weighted by Gasteiger charge is -2.08. The molecule has 7 rings (SSSR count). The normalized spacial score (nSPS) is 11.5. The van der Waals surface area contributed by atoms with Crippen LogP contribution in [0.4, 0.5) is 0 Å². The maximum absolute atomic E-state index is 5.22. The van der Waals surface area contributed by atoms with Crippen molar-refractivity contribution in [3.63, 3.8) is 0 Å². The van der Waals surface area contributed by atoms with Crippen LogP contribution >= 0.6 is 0 Å². The largest absolute Gasteiger partial charge is 0.278 e. The molecule has 0 bridgehead atoms. The van der Waals surface area contributed by atoms with E-state index in [-0.39, 0.29) is 0 Å². The van der Waals surface area contributed by atoms with Gasteiger partial charge in [-0.3, -0.25) is 14.0 Å². The highest BCUT2D eigenvalue weighted by Crippen LogP contribution is 2.34. The molecule has 0 aliphatic heterocycles. The molecule has 7 aromatic rings. The van der Waals surface area contributed by atoms with E-state index >= 15 is 0 Å². The van der Waals surface area contributed by atoms with Crippen LogP contribution in [0.2, 0.25) is 0 Å². The zero-order valence-corrected chi connectivity index (χ0v) is 18.3. The fraction of sp³-hybridized carbons (Fsp3) is 0. The topological polar surface area (TPSA) is 35.1 Å². The van der Waals surface area contributed by atoms with E-state index in [9.17, 15) is 0 Å². The minimum atomic E-state index is 0.901. The van der Waals surface area contributed by atoms with Crippen molar-refractivity contribution in [3.8, 4) is 28.1 Å². The first-order valence-electron chi connectivity index (χ1n) is 11.4. The average molecular weight is 437 g/mol. The van der Waals surface area contributed by atoms with Gasteiger partial charge in [0.25, 0.3) is 0 Å². The Kier molecular flexibility index (Phi) is 4.11. The van der Waals surface area contributed by atoms with Crippen molar-refractivity contribution in [2.24, 2.45) is 0 Å². The molecule has 0 spiro atoms. The number of imidazole rings is 2. The monoisotopic (exact) mass is 436 g/mol. The molecule has 0 fully saturated rings. The minimum absolute atomic E-state index is 0.901. The Morgan fingerprint density at radius 2 is 1.29 bits per heavy atom. The van der Waals surface area contributed by atoms with Crippen LogP contribution < -0.4 is 0 Å². The Balaban J connectivity index is 1.55. The summed E-state index contributed by atoms with van der Waals surface area (Å²) in [4.78, 5) is 9.76. The Labute approximate surface area is 196 Å². The number of hydrogen-bond acceptors (Lipinski definition) is 2. The molecule has 4 heteroatoms. The molecule has 4 aromatic carbocycles. The fourth-order valence-corrected chi connectivity index (χ4v) is 4.87. The van der Waals surface area contributed by atoms with Gasteiger partial charge >= 0.3 is 0 Å². The van der Waals surface area contributed by atoms with Crippen molar-refractivity contribution in [1.29, 1.82) is 0 Å². The van der Waals surface area contributed by atoms with Gasteiger partial charge in [-0.15, -0.1) is 0 Å². The number of para-hydroxylation sites is 3. The van der Waals surface area contributed by atoms with Crippen LogP contribution in [-0.4, -0.2) is 18.9 Å². The maximum atomic E-state index is 5.22. The van der Waals surface area contributed by atoms with E-state index in [4.69, 9.17) is 4.98 Å². The SMILES string of the molecule is c1ccc(-c2cccc3c2nc2n(-c4cccc(-c5ccccn5)c4)c4ccccc4n32)cc1. The van der Waals surface area contributed by atoms with Crippen LogP contribution in [0.1, 0.15) is 0 Å². The summed E-state index contributed by atoms with van der Waals surface area (Å²) in [5, 5.41) is 0. The predicted molar refractivity (Wildman–Crippen MR) is 138 cm³/mol. The molecule has 160 valence electrons. The third-order valence-electron chi connectivity index (χ3n) is 6.38. The molecule has 0 N–H and O–H groups in total. The third kappa shape index (κ3) is 2.79. The average Bonchev–Trinajstić information content (AvgIpc) is 3.44. The highest BCUT2D eigenvalue weighted by atomic mass is 15.2. The molecule has 0 atom stereocenters. The second-order valence-corrected chi connectivity index (χ2v) is 8.38. The van der Waals surface area contributed by atoms with Crippen LogP contribution in [0, 0.1) is 0 Å². The van der Waals surface area contributed by atoms with Gasteiger partial charge in [-0.2, -0.15) is 0 Å². The van der Waals surface area contributed by atoms with E-state index in [1.54, 1.807) is 0 Å². The molecule has 34 heavy (non-hydrogen) atoms. The molecule has 3 aromatic heterocycles. The van der Waals surface area contributed by atoms with Gasteiger partial charge in [-0.1, -0.05) is 72.8 Å². The van der Waals surface area contributed by atoms with Crippen LogP contribution in [0.25, 0.3) is 55.9 Å². The Hall–Kier alpha value is -4.70. The molecule has 0 saturated heterocycles. The van der Waals surface area contributed by atoms with E-state index in [1.165, 1.54) is 5.56 Å². The summed E-state index contributed by atoms with van der Waals surface area (Å²) in [6.45, 7) is 0. The molecule has 0 aliphatic rings. The lowest BCUT2D eigenvalue weighted by Crippen LogP contribution is -1.96. The predicted octanol–water partition coefficient (Wildman–Crippen LogP) is 7.16. The highest BCUT2D eigenvalue weighted by Gasteiger charge is 2.19. The van der Waals surface area contributed by atoms with Crippen molar-refractivity contribution < 1.29 is 0 Å². The van der Waals surface area contributed by atoms with Gasteiger partial charge in [0.15, 0.2) is 0 Å². The van der Waals surface area contributed by atoms with Gasteiger partial charge < -0.3 is 0 Å². The first-order chi connectivity index (χ1) is 16.9. The standard InChI is InChI=1S/C30H20N4/c1-2-10-21(11-3-1)24-14-9-18-28-29(24)32-30-33(26-16-4-5-17-27(26)34(28)30)23-13-8-12-22(20-23)25-15-6-7-19-31-25/h1-20H. The zero-order valence-electron chi connectivity index (χ0n) is 18.3. The number of aromatic nitrogens is 4. The molecule has 0 amide bonds. The zero-order chi connectivity index (χ0) is 22.5. The maximum Gasteiger partial charge on any atom is 0.220 e. The van der Waals surface area contributed by atoms with Crippen molar-refractivity contribution in [1.82, 2.24) is 18.9 Å². The summed E-state index contributed by atoms with van der Waals surface area (Å²) in [5.74, 6) is 0.901. The van der Waals surface area contributed by atoms with E-state index in [0.717, 1.165) is 50.4 Å². The highest BCUT2D eigenvalue weighted by molar-refractivity contribution is 5.98. The summed E-state index contributed by atoms with van der Waals surface area (Å²) in [7, 11) is 0. The van der Waals surface area contributed by atoms with Crippen LogP contribution in [0.5, 0.6) is 0 Å². The molecule has 4 nitrogen and oxygen atoms in total. The van der Waals surface area contributed by atoms with Crippen molar-refractivity contribution in [2.45, 2.75) is 0 Å². The van der Waals surface area contributed by atoms with Gasteiger partial charge in [-0.05, 0) is 48.0 Å². The van der Waals surface area contributed by atoms with Gasteiger partial charge in [0.2, 0.25) is 5.78 Å². The Morgan fingerprint density at radius 3 is 2.15 bits per heavy atom. The number of rotatable bonds is 3. The third-order valence-corrected chi connectivity index (χ3v) is 6.38. The van der Waals surface area contributed by atoms with Crippen LogP contribution in [0.3, 0.4) is 0 Å². The fourth-order valence-electron chi connectivity index (χ4n) is 4.87. The number of pyridine rings is 1. The Bertz CT molecular complexity index is 1790. The van der Waals surface area contributed by atoms with Crippen molar-refractivity contribution >= 4 is 27.8 Å². The molecular weight excluding hydrogens is 416 g/mol. The summed E-state index contributed by atoms with van der Waals surface area (Å²) < 4.78 is 4.51. The lowest BCUT2D eigenvalue weighted by molar-refractivity contribution is 1.11. The second kappa shape index (κ2) is 7.42. The first kappa shape index (κ1) is 18.8. The van der Waals surface area contributed by atoms with E-state index in [1.807, 2.05) is 30.5 Å². The van der Waals surface area contributed by atoms with Gasteiger partial charge in [0.05, 0.1) is 27.8 Å². The van der Waals surface area contributed by atoms with E-state index in [0.29, 0.717) is 0 Å². The lowest BCUT2D eigenvalue weighted by atomic mass is 10.0. The smallest absolute Gasteiger partial charge is 0.220 e. The van der Waals surface area contributed by atoms with Crippen molar-refractivity contribution in [2.75, 3.05) is 0 Å². The van der Waals surface area contributed by atoms with E-state index in [2.05, 4.69) is 105 Å².